The van der Waals surface area contributed by atoms with Crippen LogP contribution in [-0.2, 0) is 9.53 Å². The Bertz CT molecular complexity index is 1090. The molecule has 0 aliphatic carbocycles. The Balaban J connectivity index is 2.05. The van der Waals surface area contributed by atoms with Gasteiger partial charge < -0.3 is 15.0 Å². The molecular formula is C20H20N4O6. The van der Waals surface area contributed by atoms with Gasteiger partial charge in [-0.25, -0.2) is 0 Å². The number of carbonyl (C=O) groups excluding carboxylic acids is 1. The van der Waals surface area contributed by atoms with E-state index >= 15 is 0 Å². The van der Waals surface area contributed by atoms with E-state index < -0.39 is 15.8 Å². The molecule has 0 aliphatic rings. The van der Waals surface area contributed by atoms with Gasteiger partial charge in [0, 0.05) is 67.4 Å². The first-order valence-electron chi connectivity index (χ1n) is 9.16. The molecule has 0 saturated carbocycles. The molecule has 0 bridgehead atoms. The molecule has 0 radical (unpaired) electrons. The van der Waals surface area contributed by atoms with Crippen LogP contribution in [-0.4, -0.2) is 41.0 Å². The number of benzene rings is 2. The number of non-ortho nitro benzene ring substituents is 2. The van der Waals surface area contributed by atoms with Crippen LogP contribution in [0.5, 0.6) is 0 Å². The average molecular weight is 412 g/mol. The van der Waals surface area contributed by atoms with E-state index in [2.05, 4.69) is 10.3 Å². The molecule has 0 fully saturated rings. The molecule has 1 amide bonds. The number of hydrogen-bond acceptors (Lipinski definition) is 6. The molecule has 10 nitrogen and oxygen atoms in total. The lowest BCUT2D eigenvalue weighted by Crippen LogP contribution is -2.28. The summed E-state index contributed by atoms with van der Waals surface area (Å²) in [5.74, 6) is -0.800. The van der Waals surface area contributed by atoms with Crippen LogP contribution in [0, 0.1) is 20.2 Å². The number of nitrogens with one attached hydrogen (secondary N) is 2. The van der Waals surface area contributed by atoms with Crippen LogP contribution >= 0.6 is 0 Å². The molecule has 3 rings (SSSR count). The molecule has 2 N–H and O–H groups in total. The standard InChI is InChI=1S/C20H20N4O6/c1-30-8-7-21-20(25)11-16(13-3-2-4-14(9-13)23(26)27)18-12-22-19-6-5-15(24(28)29)10-17(18)19/h2-6,9-10,12,16,22H,7-8,11H2,1H3,(H,21,25)/t16-/m1/s1. The number of aromatic nitrogens is 1. The zero-order chi connectivity index (χ0) is 21.7. The zero-order valence-electron chi connectivity index (χ0n) is 16.2. The molecule has 0 unspecified atom stereocenters. The van der Waals surface area contributed by atoms with Gasteiger partial charge in [0.25, 0.3) is 11.4 Å². The lowest BCUT2D eigenvalue weighted by molar-refractivity contribution is -0.385. The number of H-pyrrole nitrogens is 1. The minimum atomic E-state index is -0.539. The van der Waals surface area contributed by atoms with Crippen LogP contribution in [0.15, 0.2) is 48.7 Å². The maximum absolute atomic E-state index is 12.5. The van der Waals surface area contributed by atoms with Crippen molar-refractivity contribution >= 4 is 28.2 Å². The number of nitro groups is 2. The Hall–Kier alpha value is -3.79. The first-order chi connectivity index (χ1) is 14.4. The van der Waals surface area contributed by atoms with Crippen molar-refractivity contribution in [2.24, 2.45) is 0 Å². The van der Waals surface area contributed by atoms with Gasteiger partial charge in [0.1, 0.15) is 0 Å². The van der Waals surface area contributed by atoms with Gasteiger partial charge in [-0.05, 0) is 17.2 Å². The molecule has 1 heterocycles. The van der Waals surface area contributed by atoms with Gasteiger partial charge in [0.15, 0.2) is 0 Å². The average Bonchev–Trinajstić information content (AvgIpc) is 3.15. The monoisotopic (exact) mass is 412 g/mol. The van der Waals surface area contributed by atoms with Crippen LogP contribution in [0.25, 0.3) is 10.9 Å². The molecule has 1 aromatic heterocycles. The lowest BCUT2D eigenvalue weighted by Gasteiger charge is -2.17. The highest BCUT2D eigenvalue weighted by Gasteiger charge is 2.24. The highest BCUT2D eigenvalue weighted by molar-refractivity contribution is 5.87. The Morgan fingerprint density at radius 2 is 1.87 bits per heavy atom. The maximum Gasteiger partial charge on any atom is 0.270 e. The first kappa shape index (κ1) is 20.9. The van der Waals surface area contributed by atoms with Crippen molar-refractivity contribution in [1.29, 1.82) is 0 Å². The summed E-state index contributed by atoms with van der Waals surface area (Å²) in [6.07, 6.45) is 1.70. The van der Waals surface area contributed by atoms with Crippen molar-refractivity contribution < 1.29 is 19.4 Å². The second kappa shape index (κ2) is 9.14. The fraction of sp³-hybridized carbons (Fsp3) is 0.250. The van der Waals surface area contributed by atoms with E-state index in [1.165, 1.54) is 31.4 Å². The van der Waals surface area contributed by atoms with Gasteiger partial charge in [-0.2, -0.15) is 0 Å². The van der Waals surface area contributed by atoms with Gasteiger partial charge in [0.05, 0.1) is 16.5 Å². The smallest absolute Gasteiger partial charge is 0.270 e. The fourth-order valence-corrected chi connectivity index (χ4v) is 3.34. The van der Waals surface area contributed by atoms with E-state index in [4.69, 9.17) is 4.74 Å². The van der Waals surface area contributed by atoms with Crippen molar-refractivity contribution in [3.05, 3.63) is 80.0 Å². The first-order valence-corrected chi connectivity index (χ1v) is 9.16. The number of nitrogens with zero attached hydrogens (tertiary/aromatic N) is 2. The van der Waals surface area contributed by atoms with E-state index in [0.717, 1.165) is 0 Å². The van der Waals surface area contributed by atoms with E-state index in [0.29, 0.717) is 35.2 Å². The second-order valence-corrected chi connectivity index (χ2v) is 6.68. The van der Waals surface area contributed by atoms with Crippen LogP contribution in [0.2, 0.25) is 0 Å². The van der Waals surface area contributed by atoms with Crippen LogP contribution in [0.4, 0.5) is 11.4 Å². The number of amides is 1. The van der Waals surface area contributed by atoms with Gasteiger partial charge in [-0.1, -0.05) is 12.1 Å². The predicted octanol–water partition coefficient (Wildman–Crippen LogP) is 3.27. The Labute approximate surface area is 171 Å². The summed E-state index contributed by atoms with van der Waals surface area (Å²) < 4.78 is 4.93. The number of methoxy groups -OCH3 is 1. The third kappa shape index (κ3) is 4.61. The molecule has 156 valence electrons. The number of rotatable bonds is 9. The maximum atomic E-state index is 12.5. The molecule has 30 heavy (non-hydrogen) atoms. The molecule has 2 aromatic carbocycles. The number of carbonyl (C=O) groups is 1. The Morgan fingerprint density at radius 3 is 2.57 bits per heavy atom. The molecule has 0 saturated heterocycles. The Morgan fingerprint density at radius 1 is 1.13 bits per heavy atom. The molecule has 1 atom stereocenters. The van der Waals surface area contributed by atoms with E-state index in [1.807, 2.05) is 0 Å². The van der Waals surface area contributed by atoms with Crippen LogP contribution < -0.4 is 5.32 Å². The minimum absolute atomic E-state index is 0.0144. The summed E-state index contributed by atoms with van der Waals surface area (Å²) in [4.78, 5) is 37.0. The summed E-state index contributed by atoms with van der Waals surface area (Å²) in [5, 5.41) is 25.8. The van der Waals surface area contributed by atoms with Gasteiger partial charge in [-0.3, -0.25) is 25.0 Å². The third-order valence-corrected chi connectivity index (χ3v) is 4.78. The fourth-order valence-electron chi connectivity index (χ4n) is 3.34. The van der Waals surface area contributed by atoms with Gasteiger partial charge in [0.2, 0.25) is 5.91 Å². The lowest BCUT2D eigenvalue weighted by atomic mass is 9.87. The summed E-state index contributed by atoms with van der Waals surface area (Å²) in [7, 11) is 1.52. The van der Waals surface area contributed by atoms with Crippen molar-refractivity contribution in [1.82, 2.24) is 10.3 Å². The predicted molar refractivity (Wildman–Crippen MR) is 109 cm³/mol. The number of aromatic amines is 1. The van der Waals surface area contributed by atoms with Crippen molar-refractivity contribution in [2.75, 3.05) is 20.3 Å². The largest absolute Gasteiger partial charge is 0.383 e. The van der Waals surface area contributed by atoms with Crippen molar-refractivity contribution in [3.8, 4) is 0 Å². The zero-order valence-corrected chi connectivity index (χ0v) is 16.2. The number of nitro benzene ring substituents is 2. The topological polar surface area (TPSA) is 140 Å². The SMILES string of the molecule is COCCNC(=O)C[C@H](c1cccc([N+](=O)[O-])c1)c1c[nH]c2ccc([N+](=O)[O-])cc12. The summed E-state index contributed by atoms with van der Waals surface area (Å²) in [5.41, 5.74) is 1.72. The second-order valence-electron chi connectivity index (χ2n) is 6.68. The van der Waals surface area contributed by atoms with E-state index in [-0.39, 0.29) is 23.7 Å². The van der Waals surface area contributed by atoms with Crippen LogP contribution in [0.3, 0.4) is 0 Å². The van der Waals surface area contributed by atoms with E-state index in [1.54, 1.807) is 24.4 Å². The van der Waals surface area contributed by atoms with Crippen molar-refractivity contribution in [2.45, 2.75) is 12.3 Å². The molecule has 0 aliphatic heterocycles. The number of ether oxygens (including phenoxy) is 1. The summed E-state index contributed by atoms with van der Waals surface area (Å²) >= 11 is 0. The van der Waals surface area contributed by atoms with Gasteiger partial charge >= 0.3 is 0 Å². The quantitative estimate of drug-likeness (QED) is 0.314. The summed E-state index contributed by atoms with van der Waals surface area (Å²) in [6, 6.07) is 10.5. The van der Waals surface area contributed by atoms with Crippen molar-refractivity contribution in [3.63, 3.8) is 0 Å². The summed E-state index contributed by atoms with van der Waals surface area (Å²) in [6.45, 7) is 0.683. The number of hydrogen-bond donors (Lipinski definition) is 2. The molecule has 10 heteroatoms. The highest BCUT2D eigenvalue weighted by Crippen LogP contribution is 2.36. The molecule has 0 spiro atoms. The molecular weight excluding hydrogens is 392 g/mol. The van der Waals surface area contributed by atoms with Crippen LogP contribution in [0.1, 0.15) is 23.5 Å². The van der Waals surface area contributed by atoms with E-state index in [9.17, 15) is 25.0 Å². The third-order valence-electron chi connectivity index (χ3n) is 4.78. The Kier molecular flexibility index (Phi) is 6.38. The number of fused-ring (bicyclic) bond motifs is 1. The van der Waals surface area contributed by atoms with Gasteiger partial charge in [-0.15, -0.1) is 0 Å². The molecule has 3 aromatic rings. The minimum Gasteiger partial charge on any atom is -0.383 e. The highest BCUT2D eigenvalue weighted by atomic mass is 16.6. The normalized spacial score (nSPS) is 11.9.